The Hall–Kier alpha value is -2.22. The summed E-state index contributed by atoms with van der Waals surface area (Å²) in [5, 5.41) is 12.9. The highest BCUT2D eigenvalue weighted by atomic mass is 32.2. The van der Waals surface area contributed by atoms with Crippen LogP contribution in [0, 0.1) is 6.92 Å². The molecule has 2 atom stereocenters. The van der Waals surface area contributed by atoms with Gasteiger partial charge in [0, 0.05) is 18.7 Å². The van der Waals surface area contributed by atoms with Crippen molar-refractivity contribution in [2.75, 3.05) is 11.9 Å². The van der Waals surface area contributed by atoms with Crippen LogP contribution in [0.1, 0.15) is 29.5 Å². The number of hydrogen-bond acceptors (Lipinski definition) is 4. The van der Waals surface area contributed by atoms with Crippen LogP contribution in [0.3, 0.4) is 0 Å². The van der Waals surface area contributed by atoms with Crippen molar-refractivity contribution < 1.29 is 18.3 Å². The van der Waals surface area contributed by atoms with E-state index in [1.54, 1.807) is 12.1 Å². The van der Waals surface area contributed by atoms with Crippen LogP contribution in [0.5, 0.6) is 0 Å². The van der Waals surface area contributed by atoms with E-state index in [4.69, 9.17) is 0 Å². The van der Waals surface area contributed by atoms with Crippen molar-refractivity contribution in [1.29, 1.82) is 0 Å². The first-order chi connectivity index (χ1) is 13.3. The van der Waals surface area contributed by atoms with E-state index in [1.807, 2.05) is 25.1 Å². The lowest BCUT2D eigenvalue weighted by molar-refractivity contribution is -0.119. The van der Waals surface area contributed by atoms with Crippen LogP contribution in [0.2, 0.25) is 0 Å². The molecule has 1 fully saturated rings. The number of hydrogen-bond donors (Lipinski definition) is 2. The molecule has 0 spiro atoms. The molecule has 0 aromatic heterocycles. The molecule has 1 aliphatic heterocycles. The lowest BCUT2D eigenvalue weighted by Gasteiger charge is -2.23. The summed E-state index contributed by atoms with van der Waals surface area (Å²) in [4.78, 5) is 13.0. The summed E-state index contributed by atoms with van der Waals surface area (Å²) in [6.07, 6.45) is 2.39. The third-order valence-corrected chi connectivity index (χ3v) is 7.42. The van der Waals surface area contributed by atoms with Crippen LogP contribution in [-0.4, -0.2) is 42.4 Å². The Morgan fingerprint density at radius 1 is 1.11 bits per heavy atom. The zero-order valence-corrected chi connectivity index (χ0v) is 16.6. The van der Waals surface area contributed by atoms with E-state index in [0.717, 1.165) is 29.1 Å². The van der Waals surface area contributed by atoms with Crippen LogP contribution < -0.4 is 5.32 Å². The minimum atomic E-state index is -3.87. The lowest BCUT2D eigenvalue weighted by atomic mass is 10.1. The average molecular weight is 401 g/mol. The minimum Gasteiger partial charge on any atom is -0.392 e. The third-order valence-electron chi connectivity index (χ3n) is 5.53. The molecular weight excluding hydrogens is 376 g/mol. The number of amides is 1. The fourth-order valence-electron chi connectivity index (χ4n) is 4.01. The maximum atomic E-state index is 13.0. The van der Waals surface area contributed by atoms with E-state index in [0.29, 0.717) is 5.69 Å². The van der Waals surface area contributed by atoms with Gasteiger partial charge < -0.3 is 10.4 Å². The molecular formula is C21H24N2O4S. The Kier molecular flexibility index (Phi) is 4.99. The van der Waals surface area contributed by atoms with Crippen LogP contribution in [0.4, 0.5) is 5.69 Å². The number of nitrogens with zero attached hydrogens (tertiary/aromatic N) is 1. The van der Waals surface area contributed by atoms with Gasteiger partial charge in [0.1, 0.15) is 6.04 Å². The molecule has 148 valence electrons. The summed E-state index contributed by atoms with van der Waals surface area (Å²) in [6.45, 7) is 1.79. The van der Waals surface area contributed by atoms with Crippen LogP contribution >= 0.6 is 0 Å². The number of fused-ring (bicyclic) bond motifs is 1. The Balaban J connectivity index is 1.57. The van der Waals surface area contributed by atoms with E-state index in [-0.39, 0.29) is 17.9 Å². The van der Waals surface area contributed by atoms with Gasteiger partial charge in [-0.25, -0.2) is 8.42 Å². The molecule has 0 bridgehead atoms. The summed E-state index contributed by atoms with van der Waals surface area (Å²) >= 11 is 0. The van der Waals surface area contributed by atoms with Gasteiger partial charge in [0.25, 0.3) is 0 Å². The molecule has 1 aliphatic carbocycles. The van der Waals surface area contributed by atoms with Crippen LogP contribution in [0.25, 0.3) is 0 Å². The number of aryl methyl sites for hydroxylation is 3. The smallest absolute Gasteiger partial charge is 0.243 e. The van der Waals surface area contributed by atoms with Gasteiger partial charge in [-0.15, -0.1) is 0 Å². The van der Waals surface area contributed by atoms with Crippen molar-refractivity contribution in [2.24, 2.45) is 0 Å². The van der Waals surface area contributed by atoms with Gasteiger partial charge in [-0.05, 0) is 61.6 Å². The van der Waals surface area contributed by atoms with E-state index in [2.05, 4.69) is 5.32 Å². The largest absolute Gasteiger partial charge is 0.392 e. The quantitative estimate of drug-likeness (QED) is 0.824. The molecule has 0 unspecified atom stereocenters. The van der Waals surface area contributed by atoms with Crippen molar-refractivity contribution in [3.05, 3.63) is 59.2 Å². The maximum Gasteiger partial charge on any atom is 0.243 e. The summed E-state index contributed by atoms with van der Waals surface area (Å²) in [5.41, 5.74) is 4.15. The molecule has 2 aliphatic rings. The molecule has 28 heavy (non-hydrogen) atoms. The van der Waals surface area contributed by atoms with Gasteiger partial charge in [0.05, 0.1) is 11.0 Å². The topological polar surface area (TPSA) is 86.7 Å². The van der Waals surface area contributed by atoms with Crippen molar-refractivity contribution in [2.45, 2.75) is 49.6 Å². The van der Waals surface area contributed by atoms with Gasteiger partial charge in [-0.3, -0.25) is 4.79 Å². The number of aliphatic hydroxyl groups excluding tert-OH is 1. The number of carbonyl (C=O) groups excluding carboxylic acids is 1. The van der Waals surface area contributed by atoms with Gasteiger partial charge in [0.15, 0.2) is 0 Å². The minimum absolute atomic E-state index is 0.0848. The molecule has 1 saturated heterocycles. The second kappa shape index (κ2) is 7.31. The lowest BCUT2D eigenvalue weighted by Crippen LogP contribution is -2.43. The zero-order valence-electron chi connectivity index (χ0n) is 15.8. The van der Waals surface area contributed by atoms with Crippen LogP contribution in [0.15, 0.2) is 47.4 Å². The number of sulfonamides is 1. The number of rotatable bonds is 4. The van der Waals surface area contributed by atoms with Gasteiger partial charge >= 0.3 is 0 Å². The van der Waals surface area contributed by atoms with Gasteiger partial charge in [0.2, 0.25) is 15.9 Å². The fraction of sp³-hybridized carbons (Fsp3) is 0.381. The highest BCUT2D eigenvalue weighted by Crippen LogP contribution is 2.29. The molecule has 7 heteroatoms. The monoisotopic (exact) mass is 400 g/mol. The van der Waals surface area contributed by atoms with E-state index in [1.165, 1.54) is 23.3 Å². The highest BCUT2D eigenvalue weighted by molar-refractivity contribution is 7.89. The second-order valence-corrected chi connectivity index (χ2v) is 9.51. The Morgan fingerprint density at radius 2 is 1.82 bits per heavy atom. The number of aliphatic hydroxyl groups is 1. The number of carbonyl (C=O) groups is 1. The summed E-state index contributed by atoms with van der Waals surface area (Å²) < 4.78 is 27.2. The van der Waals surface area contributed by atoms with E-state index in [9.17, 15) is 18.3 Å². The molecule has 4 rings (SSSR count). The van der Waals surface area contributed by atoms with Crippen molar-refractivity contribution in [1.82, 2.24) is 4.31 Å². The highest BCUT2D eigenvalue weighted by Gasteiger charge is 2.43. The zero-order chi connectivity index (χ0) is 19.9. The number of nitrogens with one attached hydrogen (secondary N) is 1. The molecule has 2 aromatic carbocycles. The Labute approximate surface area is 165 Å². The SMILES string of the molecule is Cc1ccc(S(=O)(=O)N2C[C@H](O)C[C@@H]2C(=O)Nc2ccc3c(c2)CCC3)cc1. The number of anilines is 1. The summed E-state index contributed by atoms with van der Waals surface area (Å²) in [6, 6.07) is 11.4. The molecule has 1 heterocycles. The third kappa shape index (κ3) is 3.57. The fourth-order valence-corrected chi connectivity index (χ4v) is 5.64. The predicted molar refractivity (Wildman–Crippen MR) is 107 cm³/mol. The first-order valence-electron chi connectivity index (χ1n) is 9.54. The van der Waals surface area contributed by atoms with Crippen molar-refractivity contribution in [3.63, 3.8) is 0 Å². The standard InChI is InChI=1S/C21H24N2O4S/c1-14-5-9-19(10-6-14)28(26,27)23-13-18(24)12-20(23)21(25)22-17-8-7-15-3-2-4-16(15)11-17/h5-11,18,20,24H,2-4,12-13H2,1H3,(H,22,25)/t18-,20-/m1/s1. The first kappa shape index (κ1) is 19.1. The number of benzene rings is 2. The molecule has 2 N–H and O–H groups in total. The molecule has 0 radical (unpaired) electrons. The van der Waals surface area contributed by atoms with E-state index >= 15 is 0 Å². The van der Waals surface area contributed by atoms with Gasteiger partial charge in [-0.1, -0.05) is 23.8 Å². The summed E-state index contributed by atoms with van der Waals surface area (Å²) in [5.74, 6) is -0.412. The maximum absolute atomic E-state index is 13.0. The average Bonchev–Trinajstić information content (AvgIpc) is 3.28. The molecule has 0 saturated carbocycles. The Morgan fingerprint density at radius 3 is 2.57 bits per heavy atom. The van der Waals surface area contributed by atoms with Crippen LogP contribution in [-0.2, 0) is 27.7 Å². The van der Waals surface area contributed by atoms with E-state index < -0.39 is 28.1 Å². The summed E-state index contributed by atoms with van der Waals surface area (Å²) in [7, 11) is -3.87. The predicted octanol–water partition coefficient (Wildman–Crippen LogP) is 2.25. The van der Waals surface area contributed by atoms with Crippen molar-refractivity contribution >= 4 is 21.6 Å². The second-order valence-electron chi connectivity index (χ2n) is 7.62. The first-order valence-corrected chi connectivity index (χ1v) is 11.0. The molecule has 2 aromatic rings. The normalized spacial score (nSPS) is 22.2. The van der Waals surface area contributed by atoms with Crippen molar-refractivity contribution in [3.8, 4) is 0 Å². The molecule has 1 amide bonds. The Bertz CT molecular complexity index is 1000. The number of β-amino-alcohol motifs (C(OH)–C–C–N with tert-alkyl or cyclic N) is 1. The molecule has 6 nitrogen and oxygen atoms in total. The van der Waals surface area contributed by atoms with Gasteiger partial charge in [-0.2, -0.15) is 4.31 Å².